The van der Waals surface area contributed by atoms with Crippen LogP contribution in [0.3, 0.4) is 0 Å². The molecule has 0 bridgehead atoms. The lowest BCUT2D eigenvalue weighted by molar-refractivity contribution is 0.408. The topological polar surface area (TPSA) is 71.2 Å². The minimum atomic E-state index is 0.0810. The highest BCUT2D eigenvalue weighted by Gasteiger charge is 2.10. The Bertz CT molecular complexity index is 497. The van der Waals surface area contributed by atoms with Crippen molar-refractivity contribution in [3.63, 3.8) is 0 Å². The first-order valence-corrected chi connectivity index (χ1v) is 5.95. The summed E-state index contributed by atoms with van der Waals surface area (Å²) >= 11 is 0. The Hall–Kier alpha value is -1.88. The molecule has 0 saturated carbocycles. The van der Waals surface area contributed by atoms with E-state index in [-0.39, 0.29) is 6.04 Å². The molecule has 1 unspecified atom stereocenters. The summed E-state index contributed by atoms with van der Waals surface area (Å²) in [5, 5.41) is 16.9. The van der Waals surface area contributed by atoms with Crippen LogP contribution in [0.1, 0.15) is 29.9 Å². The molecule has 1 aromatic heterocycles. The summed E-state index contributed by atoms with van der Waals surface area (Å²) in [7, 11) is 0. The van der Waals surface area contributed by atoms with Crippen molar-refractivity contribution in [2.24, 2.45) is 0 Å². The number of benzene rings is 1. The number of nitrogens with zero attached hydrogens (tertiary/aromatic N) is 2. The fourth-order valence-electron chi connectivity index (χ4n) is 1.83. The number of aromatic hydroxyl groups is 1. The minimum absolute atomic E-state index is 0.0810. The zero-order chi connectivity index (χ0) is 13.0. The van der Waals surface area contributed by atoms with E-state index < -0.39 is 0 Å². The molecule has 1 atom stereocenters. The first-order chi connectivity index (χ1) is 8.66. The van der Waals surface area contributed by atoms with Crippen LogP contribution >= 0.6 is 0 Å². The molecule has 1 aromatic carbocycles. The van der Waals surface area contributed by atoms with Gasteiger partial charge in [0.2, 0.25) is 6.39 Å². The maximum Gasteiger partial charge on any atom is 0.213 e. The van der Waals surface area contributed by atoms with Crippen molar-refractivity contribution in [1.82, 2.24) is 15.5 Å². The van der Waals surface area contributed by atoms with Crippen LogP contribution in [0.2, 0.25) is 0 Å². The zero-order valence-corrected chi connectivity index (χ0v) is 10.6. The van der Waals surface area contributed by atoms with Gasteiger partial charge in [0, 0.05) is 24.6 Å². The van der Waals surface area contributed by atoms with Crippen molar-refractivity contribution < 1.29 is 9.63 Å². The predicted molar refractivity (Wildman–Crippen MR) is 67.3 cm³/mol. The average molecular weight is 247 g/mol. The standard InChI is InChI=1S/C13H17N3O2/c1-9-3-4-11(12(17)7-9)10(2)14-6-5-13-15-8-18-16-13/h3-4,7-8,10,14,17H,5-6H2,1-2H3. The average Bonchev–Trinajstić information content (AvgIpc) is 2.81. The summed E-state index contributed by atoms with van der Waals surface area (Å²) in [6, 6.07) is 5.79. The number of hydrogen-bond acceptors (Lipinski definition) is 5. The lowest BCUT2D eigenvalue weighted by atomic mass is 10.1. The van der Waals surface area contributed by atoms with Gasteiger partial charge in [-0.15, -0.1) is 0 Å². The highest BCUT2D eigenvalue weighted by molar-refractivity contribution is 5.37. The first-order valence-electron chi connectivity index (χ1n) is 5.95. The molecule has 0 saturated heterocycles. The molecule has 0 aliphatic heterocycles. The van der Waals surface area contributed by atoms with Gasteiger partial charge < -0.3 is 14.9 Å². The molecule has 5 nitrogen and oxygen atoms in total. The first kappa shape index (κ1) is 12.6. The van der Waals surface area contributed by atoms with Gasteiger partial charge in [0.25, 0.3) is 0 Å². The van der Waals surface area contributed by atoms with E-state index in [1.54, 1.807) is 6.07 Å². The number of aryl methyl sites for hydroxylation is 1. The predicted octanol–water partition coefficient (Wildman–Crippen LogP) is 1.98. The molecule has 0 radical (unpaired) electrons. The molecular formula is C13H17N3O2. The third-order valence-corrected chi connectivity index (χ3v) is 2.86. The number of phenolic OH excluding ortho intramolecular Hbond substituents is 1. The largest absolute Gasteiger partial charge is 0.508 e. The molecule has 96 valence electrons. The van der Waals surface area contributed by atoms with Gasteiger partial charge in [-0.1, -0.05) is 17.3 Å². The molecule has 1 heterocycles. The van der Waals surface area contributed by atoms with Crippen LogP contribution in [0.5, 0.6) is 5.75 Å². The van der Waals surface area contributed by atoms with Crippen LogP contribution in [0.15, 0.2) is 29.1 Å². The molecule has 0 aliphatic carbocycles. The molecule has 0 fully saturated rings. The highest BCUT2D eigenvalue weighted by atomic mass is 16.5. The fraction of sp³-hybridized carbons (Fsp3) is 0.385. The minimum Gasteiger partial charge on any atom is -0.508 e. The van der Waals surface area contributed by atoms with E-state index in [9.17, 15) is 5.11 Å². The number of aromatic nitrogens is 2. The van der Waals surface area contributed by atoms with Gasteiger partial charge in [-0.25, -0.2) is 0 Å². The van der Waals surface area contributed by atoms with E-state index in [1.807, 2.05) is 26.0 Å². The molecule has 2 rings (SSSR count). The normalized spacial score (nSPS) is 12.6. The van der Waals surface area contributed by atoms with Crippen LogP contribution in [0, 0.1) is 6.92 Å². The number of nitrogens with one attached hydrogen (secondary N) is 1. The summed E-state index contributed by atoms with van der Waals surface area (Å²) in [5.41, 5.74) is 1.95. The third-order valence-electron chi connectivity index (χ3n) is 2.86. The van der Waals surface area contributed by atoms with Crippen LogP contribution < -0.4 is 5.32 Å². The second-order valence-corrected chi connectivity index (χ2v) is 4.34. The summed E-state index contributed by atoms with van der Waals surface area (Å²) in [6.07, 6.45) is 2.03. The summed E-state index contributed by atoms with van der Waals surface area (Å²) in [4.78, 5) is 3.95. The maximum atomic E-state index is 9.87. The van der Waals surface area contributed by atoms with E-state index in [2.05, 4.69) is 20.0 Å². The van der Waals surface area contributed by atoms with Crippen LogP contribution in [-0.4, -0.2) is 21.8 Å². The summed E-state index contributed by atoms with van der Waals surface area (Å²) in [5.74, 6) is 1.01. The van der Waals surface area contributed by atoms with Gasteiger partial charge >= 0.3 is 0 Å². The van der Waals surface area contributed by atoms with Gasteiger partial charge in [-0.05, 0) is 25.5 Å². The van der Waals surface area contributed by atoms with Crippen LogP contribution in [-0.2, 0) is 6.42 Å². The molecule has 5 heteroatoms. The lowest BCUT2D eigenvalue weighted by Crippen LogP contribution is -2.21. The molecule has 18 heavy (non-hydrogen) atoms. The monoisotopic (exact) mass is 247 g/mol. The molecule has 2 aromatic rings. The van der Waals surface area contributed by atoms with E-state index in [1.165, 1.54) is 6.39 Å². The number of hydrogen-bond donors (Lipinski definition) is 2. The van der Waals surface area contributed by atoms with Gasteiger partial charge in [0.15, 0.2) is 5.82 Å². The maximum absolute atomic E-state index is 9.87. The Labute approximate surface area is 106 Å². The molecule has 0 aliphatic rings. The van der Waals surface area contributed by atoms with Gasteiger partial charge in [-0.2, -0.15) is 4.98 Å². The van der Waals surface area contributed by atoms with Crippen molar-refractivity contribution in [3.05, 3.63) is 41.5 Å². The van der Waals surface area contributed by atoms with Gasteiger partial charge in [0.05, 0.1) is 0 Å². The van der Waals surface area contributed by atoms with Gasteiger partial charge in [0.1, 0.15) is 5.75 Å². The fourth-order valence-corrected chi connectivity index (χ4v) is 1.83. The lowest BCUT2D eigenvalue weighted by Gasteiger charge is -2.15. The zero-order valence-electron chi connectivity index (χ0n) is 10.6. The van der Waals surface area contributed by atoms with Crippen molar-refractivity contribution in [2.75, 3.05) is 6.54 Å². The Balaban J connectivity index is 1.89. The summed E-state index contributed by atoms with van der Waals surface area (Å²) < 4.78 is 4.66. The van der Waals surface area contributed by atoms with Crippen molar-refractivity contribution >= 4 is 0 Å². The van der Waals surface area contributed by atoms with E-state index >= 15 is 0 Å². The third kappa shape index (κ3) is 3.07. The Morgan fingerprint density at radius 1 is 1.44 bits per heavy atom. The molecule has 2 N–H and O–H groups in total. The second kappa shape index (κ2) is 5.64. The molecular weight excluding hydrogens is 230 g/mol. The Kier molecular flexibility index (Phi) is 3.94. The van der Waals surface area contributed by atoms with Crippen LogP contribution in [0.25, 0.3) is 0 Å². The smallest absolute Gasteiger partial charge is 0.213 e. The quantitative estimate of drug-likeness (QED) is 0.845. The van der Waals surface area contributed by atoms with Crippen molar-refractivity contribution in [2.45, 2.75) is 26.3 Å². The second-order valence-electron chi connectivity index (χ2n) is 4.34. The Morgan fingerprint density at radius 3 is 2.94 bits per heavy atom. The molecule has 0 amide bonds. The Morgan fingerprint density at radius 2 is 2.28 bits per heavy atom. The van der Waals surface area contributed by atoms with Crippen molar-refractivity contribution in [1.29, 1.82) is 0 Å². The van der Waals surface area contributed by atoms with Gasteiger partial charge in [-0.3, -0.25) is 0 Å². The van der Waals surface area contributed by atoms with E-state index in [0.717, 1.165) is 17.7 Å². The van der Waals surface area contributed by atoms with Crippen LogP contribution in [0.4, 0.5) is 0 Å². The highest BCUT2D eigenvalue weighted by Crippen LogP contribution is 2.24. The van der Waals surface area contributed by atoms with E-state index in [4.69, 9.17) is 0 Å². The number of phenols is 1. The molecule has 0 spiro atoms. The SMILES string of the molecule is Cc1ccc(C(C)NCCc2ncon2)c(O)c1. The number of rotatable bonds is 5. The van der Waals surface area contributed by atoms with E-state index in [0.29, 0.717) is 18.0 Å². The summed E-state index contributed by atoms with van der Waals surface area (Å²) in [6.45, 7) is 4.70. The van der Waals surface area contributed by atoms with Crippen molar-refractivity contribution in [3.8, 4) is 5.75 Å².